The maximum absolute atomic E-state index is 12.2. The molecule has 1 unspecified atom stereocenters. The molecule has 22 heavy (non-hydrogen) atoms. The fourth-order valence-electron chi connectivity index (χ4n) is 1.61. The first kappa shape index (κ1) is 18.9. The Labute approximate surface area is 131 Å². The van der Waals surface area contributed by atoms with Gasteiger partial charge in [0.25, 0.3) is 0 Å². The van der Waals surface area contributed by atoms with Crippen LogP contribution in [0.25, 0.3) is 0 Å². The van der Waals surface area contributed by atoms with E-state index in [1.54, 1.807) is 13.0 Å². The summed E-state index contributed by atoms with van der Waals surface area (Å²) in [4.78, 5) is 4.02. The second kappa shape index (κ2) is 6.95. The van der Waals surface area contributed by atoms with Crippen molar-refractivity contribution in [3.63, 3.8) is 0 Å². The fourth-order valence-corrected chi connectivity index (χ4v) is 2.42. The maximum atomic E-state index is 12.2. The Balaban J connectivity index is 2.78. The van der Waals surface area contributed by atoms with Crippen LogP contribution in [0.15, 0.2) is 12.3 Å². The van der Waals surface area contributed by atoms with Crippen molar-refractivity contribution in [1.29, 1.82) is 0 Å². The molecule has 0 bridgehead atoms. The molecule has 8 heteroatoms. The van der Waals surface area contributed by atoms with Crippen molar-refractivity contribution < 1.29 is 17.4 Å². The molecule has 0 radical (unpaired) electrons. The molecule has 0 saturated heterocycles. The second-order valence-corrected chi connectivity index (χ2v) is 8.12. The molecule has 0 amide bonds. The first-order valence-electron chi connectivity index (χ1n) is 6.85. The third-order valence-electron chi connectivity index (χ3n) is 2.90. The quantitative estimate of drug-likeness (QED) is 0.865. The monoisotopic (exact) mass is 337 g/mol. The van der Waals surface area contributed by atoms with Gasteiger partial charge in [-0.3, -0.25) is 0 Å². The lowest BCUT2D eigenvalue weighted by molar-refractivity contribution is -0.115. The molecule has 0 aliphatic carbocycles. The predicted octanol–water partition coefficient (Wildman–Crippen LogP) is 3.48. The summed E-state index contributed by atoms with van der Waals surface area (Å²) < 4.78 is 51.2. The smallest absolute Gasteiger partial charge is 0.361 e. The van der Waals surface area contributed by atoms with E-state index in [1.807, 2.05) is 27.7 Å². The minimum absolute atomic E-state index is 0.199. The van der Waals surface area contributed by atoms with E-state index >= 15 is 0 Å². The van der Waals surface area contributed by atoms with Crippen LogP contribution in [0, 0.1) is 6.92 Å². The van der Waals surface area contributed by atoms with Crippen molar-refractivity contribution >= 4 is 16.8 Å². The van der Waals surface area contributed by atoms with Crippen LogP contribution in [0.1, 0.15) is 44.9 Å². The summed E-state index contributed by atoms with van der Waals surface area (Å²) in [6.45, 7) is 7.97. The second-order valence-electron chi connectivity index (χ2n) is 6.12. The van der Waals surface area contributed by atoms with E-state index in [0.29, 0.717) is 5.56 Å². The van der Waals surface area contributed by atoms with Gasteiger partial charge in [0.05, 0.1) is 15.7 Å². The summed E-state index contributed by atoms with van der Waals surface area (Å²) in [6, 6.07) is 1.52. The standard InChI is InChI=1S/C14H22F3N3OS/c1-9-6-11(10(2)20-22(21)13(3,4)5)7-18-12(9)19-8-14(15,16)17/h6-7,10,20H,8H2,1-5H3,(H,18,19)/t10-,22?/m1/s1. The average molecular weight is 337 g/mol. The third kappa shape index (κ3) is 5.92. The first-order valence-corrected chi connectivity index (χ1v) is 8.00. The molecule has 0 saturated carbocycles. The lowest BCUT2D eigenvalue weighted by Crippen LogP contribution is -2.34. The van der Waals surface area contributed by atoms with E-state index in [0.717, 1.165) is 5.56 Å². The minimum atomic E-state index is -4.29. The Bertz CT molecular complexity index is 541. The van der Waals surface area contributed by atoms with Gasteiger partial charge in [0.15, 0.2) is 0 Å². The van der Waals surface area contributed by atoms with Gasteiger partial charge in [0.2, 0.25) is 0 Å². The Morgan fingerprint density at radius 2 is 1.91 bits per heavy atom. The van der Waals surface area contributed by atoms with E-state index in [4.69, 9.17) is 0 Å². The van der Waals surface area contributed by atoms with Crippen molar-refractivity contribution in [3.8, 4) is 0 Å². The van der Waals surface area contributed by atoms with Crippen LogP contribution in [-0.2, 0) is 11.0 Å². The molecule has 126 valence electrons. The number of rotatable bonds is 5. The van der Waals surface area contributed by atoms with E-state index in [2.05, 4.69) is 15.0 Å². The number of halogens is 3. The van der Waals surface area contributed by atoms with Gasteiger partial charge in [-0.1, -0.05) is 0 Å². The minimum Gasteiger partial charge on any atom is -0.361 e. The van der Waals surface area contributed by atoms with Crippen molar-refractivity contribution in [2.45, 2.75) is 51.6 Å². The number of anilines is 1. The highest BCUT2D eigenvalue weighted by atomic mass is 32.2. The van der Waals surface area contributed by atoms with Crippen molar-refractivity contribution in [2.24, 2.45) is 0 Å². The van der Waals surface area contributed by atoms with Gasteiger partial charge in [0.1, 0.15) is 12.4 Å². The highest BCUT2D eigenvalue weighted by molar-refractivity contribution is 7.84. The van der Waals surface area contributed by atoms with Crippen LogP contribution in [0.4, 0.5) is 19.0 Å². The summed E-state index contributed by atoms with van der Waals surface area (Å²) in [5.74, 6) is 0.199. The number of pyridine rings is 1. The molecule has 1 aromatic rings. The Morgan fingerprint density at radius 1 is 1.32 bits per heavy atom. The van der Waals surface area contributed by atoms with Gasteiger partial charge in [-0.2, -0.15) is 13.2 Å². The predicted molar refractivity (Wildman–Crippen MR) is 83.0 cm³/mol. The zero-order chi connectivity index (χ0) is 17.1. The molecule has 2 atom stereocenters. The van der Waals surface area contributed by atoms with Crippen LogP contribution in [0.3, 0.4) is 0 Å². The fraction of sp³-hybridized carbons (Fsp3) is 0.643. The van der Waals surface area contributed by atoms with E-state index in [1.165, 1.54) is 6.20 Å². The van der Waals surface area contributed by atoms with Gasteiger partial charge < -0.3 is 5.32 Å². The summed E-state index contributed by atoms with van der Waals surface area (Å²) in [6.07, 6.45) is -2.80. The van der Waals surface area contributed by atoms with Gasteiger partial charge in [-0.25, -0.2) is 13.9 Å². The van der Waals surface area contributed by atoms with E-state index in [-0.39, 0.29) is 11.9 Å². The zero-order valence-electron chi connectivity index (χ0n) is 13.3. The Kier molecular flexibility index (Phi) is 5.97. The third-order valence-corrected chi connectivity index (χ3v) is 4.58. The van der Waals surface area contributed by atoms with Crippen molar-refractivity contribution in [2.75, 3.05) is 11.9 Å². The van der Waals surface area contributed by atoms with Crippen LogP contribution < -0.4 is 10.0 Å². The van der Waals surface area contributed by atoms with Gasteiger partial charge in [-0.15, -0.1) is 0 Å². The molecule has 0 spiro atoms. The molecule has 0 aliphatic heterocycles. The SMILES string of the molecule is Cc1cc([C@@H](C)NS(=O)C(C)(C)C)cnc1NCC(F)(F)F. The van der Waals surface area contributed by atoms with Crippen LogP contribution >= 0.6 is 0 Å². The van der Waals surface area contributed by atoms with Gasteiger partial charge in [0, 0.05) is 12.2 Å². The molecule has 1 heterocycles. The molecule has 4 nitrogen and oxygen atoms in total. The van der Waals surface area contributed by atoms with Gasteiger partial charge >= 0.3 is 6.18 Å². The van der Waals surface area contributed by atoms with E-state index in [9.17, 15) is 17.4 Å². The molecule has 0 aliphatic rings. The summed E-state index contributed by atoms with van der Waals surface area (Å²) in [5.41, 5.74) is 1.38. The number of hydrogen-bond acceptors (Lipinski definition) is 3. The van der Waals surface area contributed by atoms with Crippen LogP contribution in [0.2, 0.25) is 0 Å². The molecule has 0 aromatic carbocycles. The number of nitrogens with zero attached hydrogens (tertiary/aromatic N) is 1. The highest BCUT2D eigenvalue weighted by Crippen LogP contribution is 2.22. The lowest BCUT2D eigenvalue weighted by Gasteiger charge is -2.22. The number of alkyl halides is 3. The van der Waals surface area contributed by atoms with Gasteiger partial charge in [-0.05, 0) is 51.8 Å². The molecular formula is C14H22F3N3OS. The molecule has 2 N–H and O–H groups in total. The normalized spacial score (nSPS) is 15.5. The Hall–Kier alpha value is -1.15. The average Bonchev–Trinajstić information content (AvgIpc) is 2.34. The number of aryl methyl sites for hydroxylation is 1. The highest BCUT2D eigenvalue weighted by Gasteiger charge is 2.27. The number of aromatic nitrogens is 1. The largest absolute Gasteiger partial charge is 0.405 e. The van der Waals surface area contributed by atoms with Crippen molar-refractivity contribution in [3.05, 3.63) is 23.4 Å². The molecule has 0 fully saturated rings. The molecule has 1 aromatic heterocycles. The molecular weight excluding hydrogens is 315 g/mol. The van der Waals surface area contributed by atoms with E-state index < -0.39 is 28.5 Å². The lowest BCUT2D eigenvalue weighted by atomic mass is 10.1. The zero-order valence-corrected chi connectivity index (χ0v) is 14.2. The summed E-state index contributed by atoms with van der Waals surface area (Å²) >= 11 is 0. The summed E-state index contributed by atoms with van der Waals surface area (Å²) in [7, 11) is -1.24. The van der Waals surface area contributed by atoms with Crippen LogP contribution in [0.5, 0.6) is 0 Å². The first-order chi connectivity index (χ1) is 9.90. The topological polar surface area (TPSA) is 54.0 Å². The number of nitrogens with one attached hydrogen (secondary N) is 2. The molecule has 1 rings (SSSR count). The Morgan fingerprint density at radius 3 is 2.36 bits per heavy atom. The maximum Gasteiger partial charge on any atom is 0.405 e. The summed E-state index contributed by atoms with van der Waals surface area (Å²) in [5, 5.41) is 2.27. The number of hydrogen-bond donors (Lipinski definition) is 2. The van der Waals surface area contributed by atoms with Crippen LogP contribution in [-0.4, -0.2) is 26.7 Å². The van der Waals surface area contributed by atoms with Crippen molar-refractivity contribution in [1.82, 2.24) is 9.71 Å².